The third-order valence-electron chi connectivity index (χ3n) is 2.40. The third kappa shape index (κ3) is 2.30. The molecule has 0 aliphatic rings. The molecule has 0 spiro atoms. The van der Waals surface area contributed by atoms with Gasteiger partial charge < -0.3 is 5.11 Å². The first-order valence-electron chi connectivity index (χ1n) is 5.21. The molecule has 2 rings (SSSR count). The van der Waals surface area contributed by atoms with Crippen LogP contribution in [0, 0.1) is 0 Å². The van der Waals surface area contributed by atoms with Crippen LogP contribution in [0.4, 0.5) is 0 Å². The van der Waals surface area contributed by atoms with E-state index in [-0.39, 0.29) is 5.82 Å². The molecular weight excluding hydrogens is 220 g/mol. The standard InChI is InChI=1S/C11H12N4O2/c1-7(2)8-3-5-9(6-4-8)15-13-10(11(16)17)12-14-15/h3-7H,1-2H3,(H,16,17). The average molecular weight is 232 g/mol. The molecule has 6 nitrogen and oxygen atoms in total. The van der Waals surface area contributed by atoms with Crippen LogP contribution in [0.5, 0.6) is 0 Å². The van der Waals surface area contributed by atoms with Crippen molar-refractivity contribution in [3.05, 3.63) is 35.7 Å². The summed E-state index contributed by atoms with van der Waals surface area (Å²) in [6, 6.07) is 7.60. The van der Waals surface area contributed by atoms with Crippen LogP contribution in [0.15, 0.2) is 24.3 Å². The fourth-order valence-corrected chi connectivity index (χ4v) is 1.40. The first-order valence-corrected chi connectivity index (χ1v) is 5.21. The Morgan fingerprint density at radius 1 is 1.29 bits per heavy atom. The quantitative estimate of drug-likeness (QED) is 0.866. The minimum atomic E-state index is -1.19. The van der Waals surface area contributed by atoms with Crippen molar-refractivity contribution in [1.82, 2.24) is 20.2 Å². The second kappa shape index (κ2) is 4.32. The first kappa shape index (κ1) is 11.3. The van der Waals surface area contributed by atoms with Crippen LogP contribution in [0.2, 0.25) is 0 Å². The zero-order valence-corrected chi connectivity index (χ0v) is 9.53. The van der Waals surface area contributed by atoms with Gasteiger partial charge in [-0.15, -0.1) is 15.0 Å². The lowest BCUT2D eigenvalue weighted by Gasteiger charge is -2.05. The molecule has 0 saturated heterocycles. The molecule has 2 aromatic rings. The van der Waals surface area contributed by atoms with Crippen molar-refractivity contribution in [1.29, 1.82) is 0 Å². The number of hydrogen-bond acceptors (Lipinski definition) is 4. The Kier molecular flexibility index (Phi) is 2.86. The van der Waals surface area contributed by atoms with Crippen molar-refractivity contribution in [2.45, 2.75) is 19.8 Å². The molecule has 88 valence electrons. The van der Waals surface area contributed by atoms with E-state index in [1.54, 1.807) is 0 Å². The number of hydrogen-bond donors (Lipinski definition) is 1. The van der Waals surface area contributed by atoms with E-state index in [9.17, 15) is 4.79 Å². The van der Waals surface area contributed by atoms with E-state index in [4.69, 9.17) is 5.11 Å². The normalized spacial score (nSPS) is 10.8. The molecule has 0 bridgehead atoms. The maximum absolute atomic E-state index is 10.6. The summed E-state index contributed by atoms with van der Waals surface area (Å²) in [5, 5.41) is 19.5. The number of carboxylic acid groups (broad SMARTS) is 1. The summed E-state index contributed by atoms with van der Waals surface area (Å²) in [5.74, 6) is -1.05. The summed E-state index contributed by atoms with van der Waals surface area (Å²) in [6.07, 6.45) is 0. The Morgan fingerprint density at radius 3 is 2.41 bits per heavy atom. The van der Waals surface area contributed by atoms with Gasteiger partial charge in [0.05, 0.1) is 5.69 Å². The maximum Gasteiger partial charge on any atom is 0.377 e. The van der Waals surface area contributed by atoms with Gasteiger partial charge >= 0.3 is 5.97 Å². The van der Waals surface area contributed by atoms with E-state index >= 15 is 0 Å². The van der Waals surface area contributed by atoms with Gasteiger partial charge in [-0.05, 0) is 28.8 Å². The number of carboxylic acids is 1. The van der Waals surface area contributed by atoms with Crippen molar-refractivity contribution >= 4 is 5.97 Å². The van der Waals surface area contributed by atoms with Crippen molar-refractivity contribution in [2.75, 3.05) is 0 Å². The van der Waals surface area contributed by atoms with Crippen molar-refractivity contribution in [3.8, 4) is 5.69 Å². The molecule has 0 aliphatic heterocycles. The smallest absolute Gasteiger partial charge is 0.377 e. The Balaban J connectivity index is 2.30. The molecule has 0 saturated carbocycles. The Hall–Kier alpha value is -2.24. The van der Waals surface area contributed by atoms with Crippen molar-refractivity contribution in [3.63, 3.8) is 0 Å². The number of carbonyl (C=O) groups is 1. The van der Waals surface area contributed by atoms with Gasteiger partial charge in [-0.1, -0.05) is 26.0 Å². The minimum absolute atomic E-state index is 0.307. The topological polar surface area (TPSA) is 80.9 Å². The molecule has 0 aliphatic carbocycles. The van der Waals surface area contributed by atoms with Gasteiger partial charge in [0.2, 0.25) is 0 Å². The Bertz CT molecular complexity index is 531. The molecule has 1 heterocycles. The van der Waals surface area contributed by atoms with Crippen LogP contribution in [0.3, 0.4) is 0 Å². The molecule has 0 radical (unpaired) electrons. The van der Waals surface area contributed by atoms with Crippen LogP contribution >= 0.6 is 0 Å². The number of tetrazole rings is 1. The fraction of sp³-hybridized carbons (Fsp3) is 0.273. The minimum Gasteiger partial charge on any atom is -0.475 e. The number of nitrogens with zero attached hydrogens (tertiary/aromatic N) is 4. The molecular formula is C11H12N4O2. The first-order chi connectivity index (χ1) is 8.08. The zero-order chi connectivity index (χ0) is 12.4. The lowest BCUT2D eigenvalue weighted by atomic mass is 10.0. The molecule has 6 heteroatoms. The number of rotatable bonds is 3. The van der Waals surface area contributed by atoms with E-state index in [0.717, 1.165) is 0 Å². The van der Waals surface area contributed by atoms with Gasteiger partial charge in [0.15, 0.2) is 0 Å². The van der Waals surface area contributed by atoms with E-state index in [1.165, 1.54) is 10.4 Å². The summed E-state index contributed by atoms with van der Waals surface area (Å²) in [4.78, 5) is 11.8. The summed E-state index contributed by atoms with van der Waals surface area (Å²) >= 11 is 0. The molecule has 0 atom stereocenters. The van der Waals surface area contributed by atoms with Crippen LogP contribution in [-0.2, 0) is 0 Å². The van der Waals surface area contributed by atoms with E-state index in [1.807, 2.05) is 24.3 Å². The lowest BCUT2D eigenvalue weighted by Crippen LogP contribution is -2.02. The van der Waals surface area contributed by atoms with Gasteiger partial charge in [-0.25, -0.2) is 4.79 Å². The summed E-state index contributed by atoms with van der Waals surface area (Å²) in [6.45, 7) is 4.20. The van der Waals surface area contributed by atoms with Crippen LogP contribution in [0.1, 0.15) is 35.9 Å². The lowest BCUT2D eigenvalue weighted by molar-refractivity contribution is 0.0683. The molecule has 17 heavy (non-hydrogen) atoms. The second-order valence-corrected chi connectivity index (χ2v) is 3.95. The van der Waals surface area contributed by atoms with Crippen molar-refractivity contribution in [2.24, 2.45) is 0 Å². The number of aromatic nitrogens is 4. The van der Waals surface area contributed by atoms with E-state index in [0.29, 0.717) is 11.6 Å². The second-order valence-electron chi connectivity index (χ2n) is 3.95. The third-order valence-corrected chi connectivity index (χ3v) is 2.40. The largest absolute Gasteiger partial charge is 0.475 e. The molecule has 0 fully saturated rings. The predicted octanol–water partition coefficient (Wildman–Crippen LogP) is 1.48. The van der Waals surface area contributed by atoms with Crippen molar-refractivity contribution < 1.29 is 9.90 Å². The predicted molar refractivity (Wildman–Crippen MR) is 60.2 cm³/mol. The average Bonchev–Trinajstić information content (AvgIpc) is 2.78. The monoisotopic (exact) mass is 232 g/mol. The van der Waals surface area contributed by atoms with Crippen LogP contribution in [0.25, 0.3) is 5.69 Å². The highest BCUT2D eigenvalue weighted by atomic mass is 16.4. The molecule has 1 N–H and O–H groups in total. The van der Waals surface area contributed by atoms with Gasteiger partial charge in [0.25, 0.3) is 5.82 Å². The van der Waals surface area contributed by atoms with Gasteiger partial charge in [0.1, 0.15) is 0 Å². The molecule has 1 aromatic carbocycles. The van der Waals surface area contributed by atoms with Gasteiger partial charge in [-0.3, -0.25) is 0 Å². The van der Waals surface area contributed by atoms with Crippen LogP contribution < -0.4 is 0 Å². The summed E-state index contributed by atoms with van der Waals surface area (Å²) in [5.41, 5.74) is 1.89. The maximum atomic E-state index is 10.6. The molecule has 1 aromatic heterocycles. The van der Waals surface area contributed by atoms with E-state index < -0.39 is 5.97 Å². The zero-order valence-electron chi connectivity index (χ0n) is 9.53. The highest BCUT2D eigenvalue weighted by molar-refractivity contribution is 5.82. The highest BCUT2D eigenvalue weighted by Gasteiger charge is 2.11. The van der Waals surface area contributed by atoms with Gasteiger partial charge in [-0.2, -0.15) is 0 Å². The van der Waals surface area contributed by atoms with Crippen LogP contribution in [-0.4, -0.2) is 31.3 Å². The molecule has 0 unspecified atom stereocenters. The highest BCUT2D eigenvalue weighted by Crippen LogP contribution is 2.15. The molecule has 0 amide bonds. The number of aromatic carboxylic acids is 1. The fourth-order valence-electron chi connectivity index (χ4n) is 1.40. The summed E-state index contributed by atoms with van der Waals surface area (Å²) in [7, 11) is 0. The Morgan fingerprint density at radius 2 is 1.94 bits per heavy atom. The number of benzene rings is 1. The SMILES string of the molecule is CC(C)c1ccc(-n2nnc(C(=O)O)n2)cc1. The Labute approximate surface area is 97.9 Å². The summed E-state index contributed by atoms with van der Waals surface area (Å²) < 4.78 is 0. The van der Waals surface area contributed by atoms with E-state index in [2.05, 4.69) is 29.3 Å². The van der Waals surface area contributed by atoms with Gasteiger partial charge in [0, 0.05) is 0 Å².